The number of nitrogens with zero attached hydrogens (tertiary/aromatic N) is 3. The number of piperazine rings is 1. The average molecular weight is 515 g/mol. The van der Waals surface area contributed by atoms with Gasteiger partial charge in [0.1, 0.15) is 0 Å². The van der Waals surface area contributed by atoms with Crippen LogP contribution in [0.2, 0.25) is 5.02 Å². The Morgan fingerprint density at radius 3 is 2.09 bits per heavy atom. The van der Waals surface area contributed by atoms with Gasteiger partial charge < -0.3 is 10.2 Å². The number of nitrogens with one attached hydrogen (secondary N) is 1. The van der Waals surface area contributed by atoms with Gasteiger partial charge in [-0.05, 0) is 49.0 Å². The van der Waals surface area contributed by atoms with Gasteiger partial charge in [0.05, 0.1) is 17.7 Å². The summed E-state index contributed by atoms with van der Waals surface area (Å²) in [5.74, 6) is -0.538. The summed E-state index contributed by atoms with van der Waals surface area (Å²) in [5, 5.41) is 3.15. The first-order valence-corrected chi connectivity index (χ1v) is 13.9. The van der Waals surface area contributed by atoms with Crippen molar-refractivity contribution in [1.29, 1.82) is 0 Å². The third kappa shape index (κ3) is 6.98. The van der Waals surface area contributed by atoms with E-state index in [1.807, 2.05) is 7.05 Å². The SMILES string of the molecule is CN1CCN(S(=O)(=O)c2ccc(NC(=O)CN(Cc3ccc(Cl)cc3)S(C)(=O)=O)cc2)CC1. The minimum absolute atomic E-state index is 0.0195. The molecule has 0 aliphatic carbocycles. The number of benzene rings is 2. The number of halogens is 1. The van der Waals surface area contributed by atoms with E-state index in [2.05, 4.69) is 10.2 Å². The zero-order valence-corrected chi connectivity index (χ0v) is 20.8. The van der Waals surface area contributed by atoms with Crippen molar-refractivity contribution in [3.8, 4) is 0 Å². The number of likely N-dealkylation sites (N-methyl/N-ethyl adjacent to an activating group) is 1. The first-order valence-electron chi connectivity index (χ1n) is 10.2. The molecule has 0 saturated carbocycles. The lowest BCUT2D eigenvalue weighted by Gasteiger charge is -2.31. The van der Waals surface area contributed by atoms with E-state index in [9.17, 15) is 21.6 Å². The molecule has 1 N–H and O–H groups in total. The summed E-state index contributed by atoms with van der Waals surface area (Å²) in [6, 6.07) is 12.5. The Balaban J connectivity index is 1.64. The van der Waals surface area contributed by atoms with Crippen LogP contribution in [0.1, 0.15) is 5.56 Å². The second-order valence-corrected chi connectivity index (χ2v) is 12.3. The highest BCUT2D eigenvalue weighted by molar-refractivity contribution is 7.89. The second kappa shape index (κ2) is 10.5. The Hall–Kier alpha value is -2.02. The number of hydrogen-bond acceptors (Lipinski definition) is 6. The van der Waals surface area contributed by atoms with Crippen LogP contribution < -0.4 is 5.32 Å². The molecule has 1 amide bonds. The molecule has 0 spiro atoms. The summed E-state index contributed by atoms with van der Waals surface area (Å²) in [7, 11) is -5.32. The predicted octanol–water partition coefficient (Wildman–Crippen LogP) is 1.68. The van der Waals surface area contributed by atoms with Crippen molar-refractivity contribution in [2.45, 2.75) is 11.4 Å². The number of hydrogen-bond donors (Lipinski definition) is 1. The lowest BCUT2D eigenvalue weighted by Crippen LogP contribution is -2.46. The van der Waals surface area contributed by atoms with E-state index in [1.54, 1.807) is 24.3 Å². The lowest BCUT2D eigenvalue weighted by atomic mass is 10.2. The fourth-order valence-corrected chi connectivity index (χ4v) is 5.62. The van der Waals surface area contributed by atoms with Crippen molar-refractivity contribution in [3.63, 3.8) is 0 Å². The van der Waals surface area contributed by atoms with E-state index < -0.39 is 26.0 Å². The summed E-state index contributed by atoms with van der Waals surface area (Å²) in [6.07, 6.45) is 1.04. The summed E-state index contributed by atoms with van der Waals surface area (Å²) < 4.78 is 52.5. The number of anilines is 1. The molecular weight excluding hydrogens is 488 g/mol. The van der Waals surface area contributed by atoms with Crippen LogP contribution in [0.4, 0.5) is 5.69 Å². The van der Waals surface area contributed by atoms with Gasteiger partial charge in [-0.15, -0.1) is 0 Å². The lowest BCUT2D eigenvalue weighted by molar-refractivity contribution is -0.116. The van der Waals surface area contributed by atoms with Crippen molar-refractivity contribution in [1.82, 2.24) is 13.5 Å². The monoisotopic (exact) mass is 514 g/mol. The number of amides is 1. The molecule has 9 nitrogen and oxygen atoms in total. The highest BCUT2D eigenvalue weighted by atomic mass is 35.5. The molecule has 0 aromatic heterocycles. The molecule has 0 unspecified atom stereocenters. The van der Waals surface area contributed by atoms with Crippen LogP contribution in [0.5, 0.6) is 0 Å². The summed E-state index contributed by atoms with van der Waals surface area (Å²) in [6.45, 7) is 1.81. The first kappa shape index (κ1) is 25.6. The van der Waals surface area contributed by atoms with Gasteiger partial charge >= 0.3 is 0 Å². The minimum atomic E-state index is -3.65. The maximum absolute atomic E-state index is 12.8. The highest BCUT2D eigenvalue weighted by Crippen LogP contribution is 2.20. The molecule has 0 atom stereocenters. The van der Waals surface area contributed by atoms with E-state index >= 15 is 0 Å². The van der Waals surface area contributed by atoms with Gasteiger partial charge in [0.2, 0.25) is 26.0 Å². The third-order valence-corrected chi connectivity index (χ3v) is 8.66. The molecule has 1 heterocycles. The standard InChI is InChI=1S/C21H27ClN4O5S2/c1-24-11-13-25(14-12-24)33(30,31)20-9-7-19(8-10-20)23-21(27)16-26(32(2,28)29)15-17-3-5-18(22)6-4-17/h3-10H,11-16H2,1-2H3,(H,23,27). The summed E-state index contributed by atoms with van der Waals surface area (Å²) in [4.78, 5) is 14.7. The van der Waals surface area contributed by atoms with Gasteiger partial charge in [-0.1, -0.05) is 23.7 Å². The number of carbonyl (C=O) groups excluding carboxylic acids is 1. The van der Waals surface area contributed by atoms with Gasteiger partial charge in [-0.25, -0.2) is 16.8 Å². The zero-order valence-electron chi connectivity index (χ0n) is 18.4. The van der Waals surface area contributed by atoms with Crippen molar-refractivity contribution >= 4 is 43.2 Å². The number of rotatable bonds is 8. The topological polar surface area (TPSA) is 107 Å². The van der Waals surface area contributed by atoms with E-state index in [0.717, 1.165) is 10.6 Å². The molecular formula is C21H27ClN4O5S2. The zero-order chi connectivity index (χ0) is 24.2. The van der Waals surface area contributed by atoms with Crippen molar-refractivity contribution < 1.29 is 21.6 Å². The van der Waals surface area contributed by atoms with Crippen LogP contribution in [0, 0.1) is 0 Å². The molecule has 1 aliphatic rings. The average Bonchev–Trinajstić information content (AvgIpc) is 2.75. The summed E-state index contributed by atoms with van der Waals surface area (Å²) in [5.41, 5.74) is 1.06. The fourth-order valence-electron chi connectivity index (χ4n) is 3.33. The van der Waals surface area contributed by atoms with Crippen LogP contribution in [0.3, 0.4) is 0 Å². The molecule has 12 heteroatoms. The molecule has 0 bridgehead atoms. The van der Waals surface area contributed by atoms with E-state index in [0.29, 0.717) is 42.5 Å². The Morgan fingerprint density at radius 1 is 0.970 bits per heavy atom. The molecule has 2 aromatic carbocycles. The Labute approximate surface area is 200 Å². The normalized spacial score (nSPS) is 16.1. The second-order valence-electron chi connectivity index (χ2n) is 7.94. The largest absolute Gasteiger partial charge is 0.325 e. The highest BCUT2D eigenvalue weighted by Gasteiger charge is 2.27. The Morgan fingerprint density at radius 2 is 1.55 bits per heavy atom. The van der Waals surface area contributed by atoms with Crippen molar-refractivity contribution in [2.75, 3.05) is 51.3 Å². The maximum Gasteiger partial charge on any atom is 0.243 e. The third-order valence-electron chi connectivity index (χ3n) is 5.30. The smallest absolute Gasteiger partial charge is 0.243 e. The number of carbonyl (C=O) groups is 1. The predicted molar refractivity (Wildman–Crippen MR) is 128 cm³/mol. The minimum Gasteiger partial charge on any atom is -0.325 e. The molecule has 1 fully saturated rings. The molecule has 180 valence electrons. The fraction of sp³-hybridized carbons (Fsp3) is 0.381. The van der Waals surface area contributed by atoms with Gasteiger partial charge in [0, 0.05) is 43.4 Å². The Kier molecular flexibility index (Phi) is 8.14. The molecule has 33 heavy (non-hydrogen) atoms. The van der Waals surface area contributed by atoms with Gasteiger partial charge in [-0.2, -0.15) is 8.61 Å². The van der Waals surface area contributed by atoms with Gasteiger partial charge in [-0.3, -0.25) is 4.79 Å². The van der Waals surface area contributed by atoms with Crippen LogP contribution in [0.15, 0.2) is 53.4 Å². The van der Waals surface area contributed by atoms with Gasteiger partial charge in [0.15, 0.2) is 0 Å². The quantitative estimate of drug-likeness (QED) is 0.574. The van der Waals surface area contributed by atoms with E-state index in [4.69, 9.17) is 11.6 Å². The van der Waals surface area contributed by atoms with Crippen molar-refractivity contribution in [3.05, 3.63) is 59.1 Å². The Bertz CT molecular complexity index is 1180. The molecule has 2 aromatic rings. The molecule has 0 radical (unpaired) electrons. The number of sulfonamides is 2. The van der Waals surface area contributed by atoms with Gasteiger partial charge in [0.25, 0.3) is 0 Å². The van der Waals surface area contributed by atoms with Crippen molar-refractivity contribution in [2.24, 2.45) is 0 Å². The summed E-state index contributed by atoms with van der Waals surface area (Å²) >= 11 is 5.86. The molecule has 1 saturated heterocycles. The maximum atomic E-state index is 12.8. The molecule has 1 aliphatic heterocycles. The van der Waals surface area contributed by atoms with Crippen LogP contribution in [-0.2, 0) is 31.4 Å². The van der Waals surface area contributed by atoms with Crippen LogP contribution >= 0.6 is 11.6 Å². The molecule has 3 rings (SSSR count). The van der Waals surface area contributed by atoms with Crippen LogP contribution in [0.25, 0.3) is 0 Å². The van der Waals surface area contributed by atoms with E-state index in [1.165, 1.54) is 28.6 Å². The first-order chi connectivity index (χ1) is 15.4. The van der Waals surface area contributed by atoms with Crippen LogP contribution in [-0.4, -0.2) is 82.3 Å². The van der Waals surface area contributed by atoms with E-state index in [-0.39, 0.29) is 18.0 Å².